The van der Waals surface area contributed by atoms with Crippen LogP contribution in [0.25, 0.3) is 0 Å². The number of aliphatic imine (C=N–C) groups is 1. The van der Waals surface area contributed by atoms with Gasteiger partial charge in [-0.15, -0.1) is 0 Å². The minimum Gasteiger partial charge on any atom is -0.383 e. The molecule has 1 aliphatic carbocycles. The molecule has 0 bridgehead atoms. The van der Waals surface area contributed by atoms with Gasteiger partial charge in [-0.2, -0.15) is 0 Å². The molecule has 0 spiro atoms. The molecule has 0 amide bonds. The molecule has 0 saturated heterocycles. The van der Waals surface area contributed by atoms with E-state index in [-0.39, 0.29) is 17.3 Å². The highest BCUT2D eigenvalue weighted by Gasteiger charge is 2.44. The van der Waals surface area contributed by atoms with Gasteiger partial charge in [-0.05, 0) is 37.5 Å². The molecule has 5 heteroatoms. The maximum Gasteiger partial charge on any atom is 0.191 e. The third kappa shape index (κ3) is 4.17. The smallest absolute Gasteiger partial charge is 0.191 e. The van der Waals surface area contributed by atoms with E-state index in [1.807, 2.05) is 13.0 Å². The van der Waals surface area contributed by atoms with Crippen LogP contribution in [0.15, 0.2) is 29.3 Å². The Morgan fingerprint density at radius 2 is 2.24 bits per heavy atom. The molecule has 1 atom stereocenters. The van der Waals surface area contributed by atoms with Gasteiger partial charge in [-0.25, -0.2) is 4.39 Å². The molecule has 0 aromatic heterocycles. The quantitative estimate of drug-likeness (QED) is 0.623. The summed E-state index contributed by atoms with van der Waals surface area (Å²) in [5, 5.41) is 6.61. The molecular formula is C16H24FN3O. The van der Waals surface area contributed by atoms with Crippen LogP contribution in [0.4, 0.5) is 4.39 Å². The molecule has 0 heterocycles. The lowest BCUT2D eigenvalue weighted by molar-refractivity contribution is 0.179. The molecule has 2 N–H and O–H groups in total. The fourth-order valence-corrected chi connectivity index (χ4v) is 2.51. The third-order valence-corrected chi connectivity index (χ3v) is 3.91. The Labute approximate surface area is 125 Å². The molecule has 1 aliphatic rings. The van der Waals surface area contributed by atoms with Crippen LogP contribution < -0.4 is 10.6 Å². The van der Waals surface area contributed by atoms with Gasteiger partial charge in [0, 0.05) is 32.2 Å². The Morgan fingerprint density at radius 3 is 2.81 bits per heavy atom. The van der Waals surface area contributed by atoms with Gasteiger partial charge < -0.3 is 15.4 Å². The number of methoxy groups -OCH3 is 1. The van der Waals surface area contributed by atoms with E-state index < -0.39 is 0 Å². The first-order valence-electron chi connectivity index (χ1n) is 7.32. The Balaban J connectivity index is 1.92. The van der Waals surface area contributed by atoms with Crippen LogP contribution in [0.2, 0.25) is 0 Å². The zero-order valence-electron chi connectivity index (χ0n) is 12.9. The molecule has 1 aromatic rings. The molecule has 0 radical (unpaired) electrons. The SMILES string of the molecule is CN=C(NCC1(c2cccc(F)c2)CC1)NC(C)COC. The number of nitrogens with zero attached hydrogens (tertiary/aromatic N) is 1. The van der Waals surface area contributed by atoms with Crippen LogP contribution in [0, 0.1) is 5.82 Å². The summed E-state index contributed by atoms with van der Waals surface area (Å²) in [4.78, 5) is 4.22. The second kappa shape index (κ2) is 6.89. The molecule has 1 fully saturated rings. The molecular weight excluding hydrogens is 269 g/mol. The van der Waals surface area contributed by atoms with E-state index in [1.54, 1.807) is 26.3 Å². The number of guanidine groups is 1. The van der Waals surface area contributed by atoms with Crippen LogP contribution in [0.3, 0.4) is 0 Å². The predicted octanol–water partition coefficient (Wildman–Crippen LogP) is 2.06. The first kappa shape index (κ1) is 15.8. The molecule has 1 aromatic carbocycles. The van der Waals surface area contributed by atoms with Gasteiger partial charge in [-0.1, -0.05) is 12.1 Å². The van der Waals surface area contributed by atoms with Crippen molar-refractivity contribution >= 4 is 5.96 Å². The molecule has 1 saturated carbocycles. The van der Waals surface area contributed by atoms with Gasteiger partial charge in [0.05, 0.1) is 6.61 Å². The highest BCUT2D eigenvalue weighted by Crippen LogP contribution is 2.47. The predicted molar refractivity (Wildman–Crippen MR) is 83.1 cm³/mol. The summed E-state index contributed by atoms with van der Waals surface area (Å²) < 4.78 is 18.5. The van der Waals surface area contributed by atoms with Gasteiger partial charge >= 0.3 is 0 Å². The van der Waals surface area contributed by atoms with Gasteiger partial charge in [-0.3, -0.25) is 4.99 Å². The number of benzene rings is 1. The summed E-state index contributed by atoms with van der Waals surface area (Å²) in [5.41, 5.74) is 1.11. The molecule has 21 heavy (non-hydrogen) atoms. The van der Waals surface area contributed by atoms with Gasteiger partial charge in [0.1, 0.15) is 5.82 Å². The largest absolute Gasteiger partial charge is 0.383 e. The Morgan fingerprint density at radius 1 is 1.48 bits per heavy atom. The second-order valence-corrected chi connectivity index (χ2v) is 5.72. The van der Waals surface area contributed by atoms with Crippen molar-refractivity contribution in [1.82, 2.24) is 10.6 Å². The number of halogens is 1. The van der Waals surface area contributed by atoms with E-state index in [2.05, 4.69) is 15.6 Å². The average molecular weight is 293 g/mol. The summed E-state index contributed by atoms with van der Waals surface area (Å²) in [5.74, 6) is 0.581. The minimum atomic E-state index is -0.171. The second-order valence-electron chi connectivity index (χ2n) is 5.72. The van der Waals surface area contributed by atoms with Gasteiger partial charge in [0.2, 0.25) is 0 Å². The van der Waals surface area contributed by atoms with E-state index in [1.165, 1.54) is 6.07 Å². The average Bonchev–Trinajstić information content (AvgIpc) is 3.25. The Hall–Kier alpha value is -1.62. The summed E-state index contributed by atoms with van der Waals surface area (Å²) in [6.07, 6.45) is 2.15. The van der Waals surface area contributed by atoms with Crippen molar-refractivity contribution in [2.45, 2.75) is 31.2 Å². The van der Waals surface area contributed by atoms with E-state index in [0.717, 1.165) is 30.9 Å². The van der Waals surface area contributed by atoms with Crippen molar-refractivity contribution in [3.63, 3.8) is 0 Å². The monoisotopic (exact) mass is 293 g/mol. The number of nitrogens with one attached hydrogen (secondary N) is 2. The highest BCUT2D eigenvalue weighted by molar-refractivity contribution is 5.80. The fraction of sp³-hybridized carbons (Fsp3) is 0.562. The lowest BCUT2D eigenvalue weighted by Gasteiger charge is -2.21. The topological polar surface area (TPSA) is 45.7 Å². The van der Waals surface area contributed by atoms with Crippen molar-refractivity contribution in [3.05, 3.63) is 35.6 Å². The van der Waals surface area contributed by atoms with Crippen LogP contribution in [0.5, 0.6) is 0 Å². The van der Waals surface area contributed by atoms with Crippen molar-refractivity contribution in [2.75, 3.05) is 27.3 Å². The molecule has 116 valence electrons. The zero-order valence-corrected chi connectivity index (χ0v) is 12.9. The number of rotatable bonds is 6. The molecule has 1 unspecified atom stereocenters. The van der Waals surface area contributed by atoms with Crippen LogP contribution in [-0.2, 0) is 10.2 Å². The summed E-state index contributed by atoms with van der Waals surface area (Å²) >= 11 is 0. The summed E-state index contributed by atoms with van der Waals surface area (Å²) in [6, 6.07) is 7.09. The number of ether oxygens (including phenoxy) is 1. The zero-order chi connectivity index (χ0) is 15.3. The Kier molecular flexibility index (Phi) is 5.17. The van der Waals surface area contributed by atoms with Crippen LogP contribution in [0.1, 0.15) is 25.3 Å². The highest BCUT2D eigenvalue weighted by atomic mass is 19.1. The van der Waals surface area contributed by atoms with Gasteiger partial charge in [0.25, 0.3) is 0 Å². The normalized spacial score (nSPS) is 18.2. The summed E-state index contributed by atoms with van der Waals surface area (Å²) in [7, 11) is 3.42. The minimum absolute atomic E-state index is 0.0458. The number of hydrogen-bond acceptors (Lipinski definition) is 2. The van der Waals surface area contributed by atoms with E-state index >= 15 is 0 Å². The van der Waals surface area contributed by atoms with Gasteiger partial charge in [0.15, 0.2) is 5.96 Å². The first-order chi connectivity index (χ1) is 10.1. The van der Waals surface area contributed by atoms with Crippen molar-refractivity contribution in [3.8, 4) is 0 Å². The fourth-order valence-electron chi connectivity index (χ4n) is 2.51. The third-order valence-electron chi connectivity index (χ3n) is 3.91. The van der Waals surface area contributed by atoms with E-state index in [4.69, 9.17) is 4.74 Å². The summed E-state index contributed by atoms with van der Waals surface area (Å²) in [6.45, 7) is 3.42. The maximum absolute atomic E-state index is 13.4. The molecule has 2 rings (SSSR count). The van der Waals surface area contributed by atoms with E-state index in [9.17, 15) is 4.39 Å². The molecule has 4 nitrogen and oxygen atoms in total. The van der Waals surface area contributed by atoms with Crippen molar-refractivity contribution in [2.24, 2.45) is 4.99 Å². The lowest BCUT2D eigenvalue weighted by Crippen LogP contribution is -2.46. The van der Waals surface area contributed by atoms with Crippen molar-refractivity contribution < 1.29 is 9.13 Å². The lowest BCUT2D eigenvalue weighted by atomic mass is 9.96. The first-order valence-corrected chi connectivity index (χ1v) is 7.32. The van der Waals surface area contributed by atoms with Crippen LogP contribution >= 0.6 is 0 Å². The Bertz CT molecular complexity index is 500. The maximum atomic E-state index is 13.4. The number of hydrogen-bond donors (Lipinski definition) is 2. The van der Waals surface area contributed by atoms with E-state index in [0.29, 0.717) is 6.61 Å². The standard InChI is InChI=1S/C16H24FN3O/c1-12(10-21-3)20-15(18-2)19-11-16(7-8-16)13-5-4-6-14(17)9-13/h4-6,9,12H,7-8,10-11H2,1-3H3,(H2,18,19,20). The van der Waals surface area contributed by atoms with Crippen LogP contribution in [-0.4, -0.2) is 39.3 Å². The van der Waals surface area contributed by atoms with Crippen molar-refractivity contribution in [1.29, 1.82) is 0 Å². The molecule has 0 aliphatic heterocycles.